The third-order valence-electron chi connectivity index (χ3n) is 4.64. The van der Waals surface area contributed by atoms with Crippen LogP contribution in [0.5, 0.6) is 5.75 Å². The summed E-state index contributed by atoms with van der Waals surface area (Å²) in [7, 11) is 0. The van der Waals surface area contributed by atoms with Gasteiger partial charge in [0, 0.05) is 42.2 Å². The number of carbonyl (C=O) groups excluding carboxylic acids is 1. The lowest BCUT2D eigenvalue weighted by atomic mass is 9.79. The summed E-state index contributed by atoms with van der Waals surface area (Å²) in [5.41, 5.74) is 9.17. The molecular weight excluding hydrogens is 266 g/mol. The van der Waals surface area contributed by atoms with E-state index < -0.39 is 0 Å². The fourth-order valence-corrected chi connectivity index (χ4v) is 3.58. The molecule has 5 heteroatoms. The number of carbonyl (C=O) groups is 1. The lowest BCUT2D eigenvalue weighted by molar-refractivity contribution is -0.114. The van der Waals surface area contributed by atoms with Gasteiger partial charge in [0.1, 0.15) is 11.4 Å². The Hall–Kier alpha value is -2.14. The summed E-state index contributed by atoms with van der Waals surface area (Å²) < 4.78 is 6.35. The molecule has 4 rings (SSSR count). The van der Waals surface area contributed by atoms with Gasteiger partial charge < -0.3 is 15.8 Å². The second-order valence-corrected chi connectivity index (χ2v) is 5.82. The van der Waals surface area contributed by atoms with Gasteiger partial charge in [0.05, 0.1) is 6.20 Å². The van der Waals surface area contributed by atoms with E-state index in [1.807, 2.05) is 12.1 Å². The summed E-state index contributed by atoms with van der Waals surface area (Å²) in [4.78, 5) is 15.8. The largest absolute Gasteiger partial charge is 0.480 e. The van der Waals surface area contributed by atoms with E-state index in [4.69, 9.17) is 10.5 Å². The van der Waals surface area contributed by atoms with E-state index in [0.29, 0.717) is 12.0 Å². The van der Waals surface area contributed by atoms with E-state index in [9.17, 15) is 4.79 Å². The van der Waals surface area contributed by atoms with E-state index in [1.54, 1.807) is 12.4 Å². The van der Waals surface area contributed by atoms with Gasteiger partial charge in [0.25, 0.3) is 0 Å². The molecule has 1 saturated heterocycles. The highest BCUT2D eigenvalue weighted by Gasteiger charge is 2.45. The number of nitrogens with two attached hydrogens (primary N) is 1. The smallest absolute Gasteiger partial charge is 0.244 e. The van der Waals surface area contributed by atoms with Crippen LogP contribution in [0, 0.1) is 0 Å². The molecule has 2 aliphatic heterocycles. The Morgan fingerprint density at radius 2 is 2.19 bits per heavy atom. The van der Waals surface area contributed by atoms with Crippen molar-refractivity contribution in [3.63, 3.8) is 0 Å². The Balaban J connectivity index is 1.87. The van der Waals surface area contributed by atoms with Crippen molar-refractivity contribution >= 4 is 11.5 Å². The number of amides is 1. The maximum absolute atomic E-state index is 11.6. The molecule has 3 heterocycles. The van der Waals surface area contributed by atoms with E-state index in [2.05, 4.69) is 10.3 Å². The fraction of sp³-hybridized carbons (Fsp3) is 0.375. The number of piperidine rings is 1. The van der Waals surface area contributed by atoms with Crippen molar-refractivity contribution in [2.45, 2.75) is 24.9 Å². The lowest BCUT2D eigenvalue weighted by Gasteiger charge is -2.42. The second-order valence-electron chi connectivity index (χ2n) is 5.82. The Morgan fingerprint density at radius 3 is 2.95 bits per heavy atom. The molecular formula is C16H17N3O2. The molecule has 0 bridgehead atoms. The molecule has 3 N–H and O–H groups in total. The van der Waals surface area contributed by atoms with Crippen LogP contribution in [0.1, 0.15) is 24.8 Å². The zero-order valence-electron chi connectivity index (χ0n) is 11.7. The first-order chi connectivity index (χ1) is 10.2. The number of nitrogens with zero attached hydrogens (tertiary/aromatic N) is 1. The molecule has 1 aromatic heterocycles. The van der Waals surface area contributed by atoms with E-state index in [0.717, 1.165) is 42.8 Å². The van der Waals surface area contributed by atoms with Crippen molar-refractivity contribution in [1.82, 2.24) is 10.3 Å². The highest BCUT2D eigenvalue weighted by Crippen LogP contribution is 2.50. The van der Waals surface area contributed by atoms with Gasteiger partial charge in [-0.05, 0) is 30.8 Å². The van der Waals surface area contributed by atoms with Crippen molar-refractivity contribution in [3.8, 4) is 5.75 Å². The molecule has 0 atom stereocenters. The first kappa shape index (κ1) is 12.6. The SMILES string of the molecule is NC(=O)C1=CC2=C(C1)c1ccncc1OC21CCNCC1. The predicted molar refractivity (Wildman–Crippen MR) is 78.5 cm³/mol. The zero-order valence-corrected chi connectivity index (χ0v) is 11.7. The van der Waals surface area contributed by atoms with Gasteiger partial charge in [-0.25, -0.2) is 0 Å². The lowest BCUT2D eigenvalue weighted by Crippen LogP contribution is -2.48. The summed E-state index contributed by atoms with van der Waals surface area (Å²) in [6, 6.07) is 1.95. The molecule has 5 nitrogen and oxygen atoms in total. The normalized spacial score (nSPS) is 22.4. The van der Waals surface area contributed by atoms with Crippen molar-refractivity contribution in [2.24, 2.45) is 5.73 Å². The molecule has 1 amide bonds. The van der Waals surface area contributed by atoms with Crippen LogP contribution in [-0.4, -0.2) is 29.6 Å². The fourth-order valence-electron chi connectivity index (χ4n) is 3.58. The van der Waals surface area contributed by atoms with E-state index >= 15 is 0 Å². The molecule has 1 spiro atoms. The second kappa shape index (κ2) is 4.43. The van der Waals surface area contributed by atoms with Gasteiger partial charge in [0.15, 0.2) is 0 Å². The Kier molecular flexibility index (Phi) is 2.65. The summed E-state index contributed by atoms with van der Waals surface area (Å²) in [6.07, 6.45) is 7.86. The number of hydrogen-bond donors (Lipinski definition) is 2. The molecule has 3 aliphatic rings. The highest BCUT2D eigenvalue weighted by atomic mass is 16.5. The first-order valence-electron chi connectivity index (χ1n) is 7.28. The quantitative estimate of drug-likeness (QED) is 0.811. The summed E-state index contributed by atoms with van der Waals surface area (Å²) in [5.74, 6) is 0.473. The van der Waals surface area contributed by atoms with Crippen LogP contribution in [0.4, 0.5) is 0 Å². The van der Waals surface area contributed by atoms with Crippen molar-refractivity contribution in [2.75, 3.05) is 13.1 Å². The summed E-state index contributed by atoms with van der Waals surface area (Å²) in [6.45, 7) is 1.82. The molecule has 1 aliphatic carbocycles. The van der Waals surface area contributed by atoms with Gasteiger partial charge in [0.2, 0.25) is 5.91 Å². The maximum atomic E-state index is 11.6. The van der Waals surface area contributed by atoms with Crippen LogP contribution < -0.4 is 15.8 Å². The van der Waals surface area contributed by atoms with E-state index in [-0.39, 0.29) is 11.5 Å². The predicted octanol–water partition coefficient (Wildman–Crippen LogP) is 1.17. The van der Waals surface area contributed by atoms with Crippen LogP contribution >= 0.6 is 0 Å². The number of pyridine rings is 1. The van der Waals surface area contributed by atoms with Crippen LogP contribution in [0.25, 0.3) is 5.57 Å². The average molecular weight is 283 g/mol. The number of ether oxygens (including phenoxy) is 1. The zero-order chi connectivity index (χ0) is 14.4. The van der Waals surface area contributed by atoms with Crippen molar-refractivity contribution < 1.29 is 9.53 Å². The van der Waals surface area contributed by atoms with Crippen molar-refractivity contribution in [3.05, 3.63) is 41.2 Å². The molecule has 1 aromatic rings. The molecule has 1 fully saturated rings. The Labute approximate surface area is 122 Å². The van der Waals surface area contributed by atoms with E-state index in [1.165, 1.54) is 5.57 Å². The van der Waals surface area contributed by atoms with Crippen LogP contribution in [0.2, 0.25) is 0 Å². The Morgan fingerprint density at radius 1 is 1.38 bits per heavy atom. The maximum Gasteiger partial charge on any atom is 0.244 e. The number of fused-ring (bicyclic) bond motifs is 3. The minimum absolute atomic E-state index is 0.339. The number of primary amides is 1. The third kappa shape index (κ3) is 1.81. The molecule has 0 radical (unpaired) electrons. The number of hydrogen-bond acceptors (Lipinski definition) is 4. The summed E-state index contributed by atoms with van der Waals surface area (Å²) >= 11 is 0. The number of nitrogens with one attached hydrogen (secondary N) is 1. The highest BCUT2D eigenvalue weighted by molar-refractivity contribution is 5.99. The van der Waals surface area contributed by atoms with Gasteiger partial charge in [-0.1, -0.05) is 0 Å². The van der Waals surface area contributed by atoms with Gasteiger partial charge in [-0.3, -0.25) is 9.78 Å². The number of allylic oxidation sites excluding steroid dienone is 1. The number of rotatable bonds is 1. The summed E-state index contributed by atoms with van der Waals surface area (Å²) in [5, 5.41) is 3.36. The standard InChI is InChI=1S/C16H17N3O2/c17-15(20)10-7-12-11-1-4-19-9-14(11)21-16(13(12)8-10)2-5-18-6-3-16/h1,4,8-9,18H,2-3,5-7H2,(H2,17,20). The molecule has 108 valence electrons. The molecule has 0 saturated carbocycles. The average Bonchev–Trinajstić information content (AvgIpc) is 2.95. The molecule has 0 unspecified atom stereocenters. The van der Waals surface area contributed by atoms with Gasteiger partial charge >= 0.3 is 0 Å². The third-order valence-corrected chi connectivity index (χ3v) is 4.64. The Bertz CT molecular complexity index is 685. The monoisotopic (exact) mass is 283 g/mol. The number of aromatic nitrogens is 1. The van der Waals surface area contributed by atoms with Crippen molar-refractivity contribution in [1.29, 1.82) is 0 Å². The minimum atomic E-state index is -0.343. The van der Waals surface area contributed by atoms with Crippen LogP contribution in [0.3, 0.4) is 0 Å². The first-order valence-corrected chi connectivity index (χ1v) is 7.28. The van der Waals surface area contributed by atoms with Gasteiger partial charge in [-0.2, -0.15) is 0 Å². The van der Waals surface area contributed by atoms with Crippen LogP contribution in [-0.2, 0) is 4.79 Å². The molecule has 0 aromatic carbocycles. The molecule has 21 heavy (non-hydrogen) atoms. The topological polar surface area (TPSA) is 77.2 Å². The van der Waals surface area contributed by atoms with Gasteiger partial charge in [-0.15, -0.1) is 0 Å². The van der Waals surface area contributed by atoms with Crippen LogP contribution in [0.15, 0.2) is 35.7 Å². The minimum Gasteiger partial charge on any atom is -0.480 e.